The maximum atomic E-state index is 10.7. The lowest BCUT2D eigenvalue weighted by molar-refractivity contribution is 0.0599. The number of β-amino-alcohol motifs (C(OH)–C–C–N with tert-alkyl or cyclic N) is 1. The molecular weight excluding hydrogens is 534 g/mol. The number of fused-ring (bicyclic) bond motifs is 1. The molecule has 0 amide bonds. The van der Waals surface area contributed by atoms with Crippen LogP contribution in [-0.4, -0.2) is 52.5 Å². The molecule has 0 saturated carbocycles. The van der Waals surface area contributed by atoms with Crippen molar-refractivity contribution in [2.45, 2.75) is 58.5 Å². The number of aromatic nitrogens is 2. The van der Waals surface area contributed by atoms with Crippen LogP contribution in [0.4, 0.5) is 0 Å². The second kappa shape index (κ2) is 11.8. The fraction of sp³-hybridized carbons (Fsp3) is 0.448. The van der Waals surface area contributed by atoms with Crippen LogP contribution in [0.1, 0.15) is 61.1 Å². The molecule has 5 rings (SSSR count). The molecule has 0 spiro atoms. The third kappa shape index (κ3) is 6.25. The minimum absolute atomic E-state index is 0. The highest BCUT2D eigenvalue weighted by Crippen LogP contribution is 2.34. The summed E-state index contributed by atoms with van der Waals surface area (Å²) in [6.07, 6.45) is 1.65. The highest BCUT2D eigenvalue weighted by molar-refractivity contribution is 8.93. The molecule has 1 aliphatic heterocycles. The molecule has 0 aliphatic carbocycles. The van der Waals surface area contributed by atoms with Crippen molar-refractivity contribution in [3.05, 3.63) is 65.0 Å². The van der Waals surface area contributed by atoms with E-state index in [2.05, 4.69) is 47.1 Å². The third-order valence-electron chi connectivity index (χ3n) is 7.16. The van der Waals surface area contributed by atoms with Crippen LogP contribution >= 0.6 is 17.0 Å². The first-order chi connectivity index (χ1) is 17.4. The molecule has 0 bridgehead atoms. The zero-order chi connectivity index (χ0) is 25.2. The smallest absolute Gasteiger partial charge is 0.283 e. The molecule has 8 heteroatoms. The summed E-state index contributed by atoms with van der Waals surface area (Å²) in [6, 6.07) is 14.3. The molecule has 3 heterocycles. The minimum atomic E-state index is -0.575. The highest BCUT2D eigenvalue weighted by atomic mass is 79.9. The topological polar surface area (TPSA) is 84.8 Å². The number of hydrogen-bond acceptors (Lipinski definition) is 7. The van der Waals surface area contributed by atoms with E-state index in [4.69, 9.17) is 13.6 Å². The van der Waals surface area contributed by atoms with Gasteiger partial charge in [0.05, 0.1) is 5.39 Å². The molecule has 1 aliphatic rings. The van der Waals surface area contributed by atoms with E-state index in [1.165, 1.54) is 16.7 Å². The lowest BCUT2D eigenvalue weighted by atomic mass is 9.88. The van der Waals surface area contributed by atoms with Crippen molar-refractivity contribution in [3.8, 4) is 17.4 Å². The van der Waals surface area contributed by atoms with E-state index in [9.17, 15) is 5.11 Å². The van der Waals surface area contributed by atoms with E-state index in [0.717, 1.165) is 31.3 Å². The van der Waals surface area contributed by atoms with Crippen LogP contribution in [0.3, 0.4) is 0 Å². The number of nitrogens with zero attached hydrogens (tertiary/aromatic N) is 3. The Morgan fingerprint density at radius 3 is 2.51 bits per heavy atom. The Balaban J connectivity index is 0.00000320. The standard InChI is InChI=1S/C29H35N3O4.BrH/c1-18(2)28-30-31-29(36-28)27-15-24-25(6-5-7-26(24)35-27)34-17-23(33)16-32-12-10-21(11-13-32)22-9-8-19(3)20(4)14-22;/h5-9,14-15,18,21,23,33H,10-13,16-17H2,1-4H3;1H/t23-;/m0./s1. The number of aliphatic hydroxyl groups excluding tert-OH is 1. The zero-order valence-electron chi connectivity index (χ0n) is 21.9. The predicted octanol–water partition coefficient (Wildman–Crippen LogP) is 6.42. The van der Waals surface area contributed by atoms with Gasteiger partial charge in [0.15, 0.2) is 5.76 Å². The van der Waals surface area contributed by atoms with Gasteiger partial charge in [-0.15, -0.1) is 27.2 Å². The number of aliphatic hydroxyl groups is 1. The normalized spacial score (nSPS) is 15.7. The maximum absolute atomic E-state index is 10.7. The Kier molecular flexibility index (Phi) is 8.72. The molecule has 7 nitrogen and oxygen atoms in total. The third-order valence-corrected chi connectivity index (χ3v) is 7.16. The van der Waals surface area contributed by atoms with Crippen LogP contribution in [-0.2, 0) is 0 Å². The molecule has 1 atom stereocenters. The molecule has 1 saturated heterocycles. The van der Waals surface area contributed by atoms with E-state index >= 15 is 0 Å². The summed E-state index contributed by atoms with van der Waals surface area (Å²) in [7, 11) is 0. The van der Waals surface area contributed by atoms with Gasteiger partial charge in [0.2, 0.25) is 5.89 Å². The second-order valence-corrected chi connectivity index (χ2v) is 10.3. The molecule has 4 aromatic rings. The number of furan rings is 1. The number of aryl methyl sites for hydroxylation is 2. The Morgan fingerprint density at radius 1 is 1.03 bits per heavy atom. The molecule has 198 valence electrons. The van der Waals surface area contributed by atoms with Gasteiger partial charge >= 0.3 is 0 Å². The first kappa shape index (κ1) is 27.4. The monoisotopic (exact) mass is 569 g/mol. The van der Waals surface area contributed by atoms with E-state index in [-0.39, 0.29) is 29.5 Å². The quantitative estimate of drug-likeness (QED) is 0.262. The molecule has 1 fully saturated rings. The predicted molar refractivity (Wildman–Crippen MR) is 150 cm³/mol. The van der Waals surface area contributed by atoms with Crippen molar-refractivity contribution in [1.29, 1.82) is 0 Å². The van der Waals surface area contributed by atoms with Crippen molar-refractivity contribution >= 4 is 28.0 Å². The van der Waals surface area contributed by atoms with Gasteiger partial charge in [0.25, 0.3) is 5.89 Å². The van der Waals surface area contributed by atoms with Crippen LogP contribution in [0, 0.1) is 13.8 Å². The summed E-state index contributed by atoms with van der Waals surface area (Å²) >= 11 is 0. The van der Waals surface area contributed by atoms with E-state index in [1.807, 2.05) is 38.1 Å². The largest absolute Gasteiger partial charge is 0.490 e. The Labute approximate surface area is 228 Å². The van der Waals surface area contributed by atoms with E-state index < -0.39 is 6.10 Å². The Bertz CT molecular complexity index is 1320. The molecule has 0 radical (unpaired) electrons. The van der Waals surface area contributed by atoms with Gasteiger partial charge in [-0.2, -0.15) is 0 Å². The van der Waals surface area contributed by atoms with Crippen LogP contribution in [0.2, 0.25) is 0 Å². The first-order valence-electron chi connectivity index (χ1n) is 12.8. The fourth-order valence-corrected chi connectivity index (χ4v) is 4.84. The molecule has 37 heavy (non-hydrogen) atoms. The summed E-state index contributed by atoms with van der Waals surface area (Å²) in [4.78, 5) is 2.34. The van der Waals surface area contributed by atoms with Crippen molar-refractivity contribution in [2.75, 3.05) is 26.2 Å². The summed E-state index contributed by atoms with van der Waals surface area (Å²) in [5.74, 6) is 2.84. The minimum Gasteiger partial charge on any atom is -0.490 e. The molecular formula is C29H36BrN3O4. The first-order valence-corrected chi connectivity index (χ1v) is 12.8. The summed E-state index contributed by atoms with van der Waals surface area (Å²) in [5, 5.41) is 19.7. The number of benzene rings is 2. The molecule has 1 N–H and O–H groups in total. The van der Waals surface area contributed by atoms with E-state index in [1.54, 1.807) is 0 Å². The van der Waals surface area contributed by atoms with Gasteiger partial charge in [-0.25, -0.2) is 0 Å². The Morgan fingerprint density at radius 2 is 1.81 bits per heavy atom. The van der Waals surface area contributed by atoms with Gasteiger partial charge in [-0.05, 0) is 74.5 Å². The van der Waals surface area contributed by atoms with Crippen LogP contribution in [0.15, 0.2) is 51.3 Å². The van der Waals surface area contributed by atoms with Gasteiger partial charge in [-0.1, -0.05) is 38.1 Å². The molecule has 0 unspecified atom stereocenters. The number of piperidine rings is 1. The molecule has 2 aromatic heterocycles. The SMILES string of the molecule is Br.Cc1ccc(C2CCN(C[C@H](O)COc3cccc4oc(-c5nnc(C(C)C)o5)cc34)CC2)cc1C. The average molecular weight is 571 g/mol. The number of hydrogen-bond donors (Lipinski definition) is 1. The lowest BCUT2D eigenvalue weighted by Crippen LogP contribution is -2.40. The van der Waals surface area contributed by atoms with Crippen LogP contribution in [0.5, 0.6) is 5.75 Å². The zero-order valence-corrected chi connectivity index (χ0v) is 23.7. The van der Waals surface area contributed by atoms with Gasteiger partial charge in [-0.3, -0.25) is 0 Å². The highest BCUT2D eigenvalue weighted by Gasteiger charge is 2.23. The second-order valence-electron chi connectivity index (χ2n) is 10.3. The van der Waals surface area contributed by atoms with Crippen molar-refractivity contribution in [1.82, 2.24) is 15.1 Å². The summed E-state index contributed by atoms with van der Waals surface area (Å²) < 4.78 is 17.7. The summed E-state index contributed by atoms with van der Waals surface area (Å²) in [6.45, 7) is 11.1. The van der Waals surface area contributed by atoms with E-state index in [0.29, 0.717) is 41.3 Å². The maximum Gasteiger partial charge on any atom is 0.283 e. The van der Waals surface area contributed by atoms with Gasteiger partial charge in [0.1, 0.15) is 24.0 Å². The molecule has 2 aromatic carbocycles. The number of rotatable bonds is 8. The van der Waals surface area contributed by atoms with Crippen LogP contribution < -0.4 is 4.74 Å². The number of ether oxygens (including phenoxy) is 1. The van der Waals surface area contributed by atoms with Crippen LogP contribution in [0.25, 0.3) is 22.6 Å². The Hall–Kier alpha value is -2.68. The summed E-state index contributed by atoms with van der Waals surface area (Å²) in [5.41, 5.74) is 4.82. The fourth-order valence-electron chi connectivity index (χ4n) is 4.84. The van der Waals surface area contributed by atoms with Crippen molar-refractivity contribution in [3.63, 3.8) is 0 Å². The van der Waals surface area contributed by atoms with Gasteiger partial charge in [0, 0.05) is 18.5 Å². The average Bonchev–Trinajstić information content (AvgIpc) is 3.53. The van der Waals surface area contributed by atoms with Crippen molar-refractivity contribution < 1.29 is 18.7 Å². The van der Waals surface area contributed by atoms with Crippen molar-refractivity contribution in [2.24, 2.45) is 0 Å². The number of likely N-dealkylation sites (tertiary alicyclic amines) is 1. The lowest BCUT2D eigenvalue weighted by Gasteiger charge is -2.33. The van der Waals surface area contributed by atoms with Gasteiger partial charge < -0.3 is 23.6 Å². The number of halogens is 1.